The fraction of sp³-hybridized carbons (Fsp3) is 0.473. The van der Waals surface area contributed by atoms with Gasteiger partial charge in [-0.05, 0) is 95.9 Å². The van der Waals surface area contributed by atoms with E-state index in [1.165, 1.54) is 44.4 Å². The number of carbonyl (C=O) groups is 2. The van der Waals surface area contributed by atoms with E-state index in [4.69, 9.17) is 24.7 Å². The van der Waals surface area contributed by atoms with E-state index in [0.29, 0.717) is 62.3 Å². The van der Waals surface area contributed by atoms with Crippen LogP contribution in [0.1, 0.15) is 118 Å². The molecule has 0 bridgehead atoms. The summed E-state index contributed by atoms with van der Waals surface area (Å²) in [6, 6.07) is 7.73. The number of carbonyl (C=O) groups excluding carboxylic acids is 2. The number of β-amino-alcohol motifs (C(OH)–C–C–N with tert-alkyl or cyclic N) is 1. The van der Waals surface area contributed by atoms with Crippen LogP contribution in [0.4, 0.5) is 9.39 Å². The highest BCUT2D eigenvalue weighted by Gasteiger charge is 2.47. The molecule has 2 amide bonds. The van der Waals surface area contributed by atoms with Crippen molar-refractivity contribution in [2.24, 2.45) is 11.3 Å². The van der Waals surface area contributed by atoms with Crippen LogP contribution in [0.2, 0.25) is 0 Å². The van der Waals surface area contributed by atoms with E-state index in [1.54, 1.807) is 50.1 Å². The van der Waals surface area contributed by atoms with Gasteiger partial charge in [0.1, 0.15) is 52.2 Å². The van der Waals surface area contributed by atoms with Gasteiger partial charge in [-0.3, -0.25) is 9.59 Å². The molecule has 2 aliphatic heterocycles. The van der Waals surface area contributed by atoms with Crippen LogP contribution in [0.5, 0.6) is 17.6 Å². The number of hydrogen-bond donors (Lipinski definition) is 4. The minimum Gasteiger partial charge on any atom is -0.508 e. The minimum atomic E-state index is -1.03. The number of aryl methyl sites for hydroxylation is 2. The Labute approximate surface area is 463 Å². The zero-order chi connectivity index (χ0) is 55.3. The van der Waals surface area contributed by atoms with E-state index in [2.05, 4.69) is 51.7 Å². The van der Waals surface area contributed by atoms with Crippen LogP contribution in [-0.2, 0) is 21.4 Å². The Morgan fingerprint density at radius 1 is 1.09 bits per heavy atom. The number of fused-ring (bicyclic) bond motifs is 1. The van der Waals surface area contributed by atoms with Crippen molar-refractivity contribution in [2.45, 2.75) is 122 Å². The van der Waals surface area contributed by atoms with Gasteiger partial charge in [0, 0.05) is 83.6 Å². The van der Waals surface area contributed by atoms with Gasteiger partial charge < -0.3 is 45.1 Å². The van der Waals surface area contributed by atoms with Gasteiger partial charge in [0.2, 0.25) is 29.4 Å². The third-order valence-corrected chi connectivity index (χ3v) is 17.9. The van der Waals surface area contributed by atoms with Gasteiger partial charge in [-0.2, -0.15) is 15.2 Å². The van der Waals surface area contributed by atoms with E-state index in [1.807, 2.05) is 26.8 Å². The van der Waals surface area contributed by atoms with Gasteiger partial charge in [-0.1, -0.05) is 24.2 Å². The first-order valence-corrected chi connectivity index (χ1v) is 28.3. The minimum absolute atomic E-state index is 0.000108. The molecule has 6 aromatic heterocycles. The number of nitriles is 1. The van der Waals surface area contributed by atoms with Gasteiger partial charge in [-0.15, -0.1) is 27.8 Å². The van der Waals surface area contributed by atoms with Crippen molar-refractivity contribution < 1.29 is 38.2 Å². The number of thiazole rings is 1. The highest BCUT2D eigenvalue weighted by molar-refractivity contribution is 7.16. The van der Waals surface area contributed by atoms with E-state index in [9.17, 15) is 25.1 Å². The number of aliphatic hydroxyl groups is 1. The quantitative estimate of drug-likeness (QED) is 0.0693. The summed E-state index contributed by atoms with van der Waals surface area (Å²) < 4.78 is 35.3. The zero-order valence-electron chi connectivity index (χ0n) is 44.4. The van der Waals surface area contributed by atoms with Crippen molar-refractivity contribution in [3.63, 3.8) is 0 Å². The molecule has 1 aromatic carbocycles. The zero-order valence-corrected chi connectivity index (χ0v) is 46.1. The number of phenolic OH excluding ortho intramolecular Hbond substituents is 1. The smallest absolute Gasteiger partial charge is 0.317 e. The number of pyridine rings is 1. The Morgan fingerprint density at radius 2 is 1.90 bits per heavy atom. The summed E-state index contributed by atoms with van der Waals surface area (Å²) in [4.78, 5) is 56.3. The summed E-state index contributed by atoms with van der Waals surface area (Å²) in [6.45, 7) is 12.2. The van der Waals surface area contributed by atoms with Crippen LogP contribution in [-0.4, -0.2) is 128 Å². The lowest BCUT2D eigenvalue weighted by Crippen LogP contribution is -2.49. The average Bonchev–Trinajstić information content (AvgIpc) is 4.28. The van der Waals surface area contributed by atoms with Crippen molar-refractivity contribution >= 4 is 39.5 Å². The predicted molar refractivity (Wildman–Crippen MR) is 289 cm³/mol. The Balaban J connectivity index is 0.658. The van der Waals surface area contributed by atoms with Gasteiger partial charge in [-0.25, -0.2) is 24.0 Å². The largest absolute Gasteiger partial charge is 0.508 e. The number of piperidine rings is 1. The number of hydrogen-bond acceptors (Lipinski definition) is 20. The molecule has 0 unspecified atom stereocenters. The third-order valence-electron chi connectivity index (χ3n) is 15.9. The molecule has 2 saturated heterocycles. The summed E-state index contributed by atoms with van der Waals surface area (Å²) >= 11 is 2.72. The number of nitrogen functional groups attached to an aromatic ring is 1. The molecule has 0 spiro atoms. The molecule has 24 heteroatoms. The maximum atomic E-state index is 15.4. The molecular weight excluding hydrogens is 1050 g/mol. The number of phenols is 1. The molecule has 0 radical (unpaired) electrons. The summed E-state index contributed by atoms with van der Waals surface area (Å²) in [5.41, 5.74) is 11.2. The highest BCUT2D eigenvalue weighted by Crippen LogP contribution is 2.49. The summed E-state index contributed by atoms with van der Waals surface area (Å²) in [5.74, 6) is -0.773. The van der Waals surface area contributed by atoms with E-state index in [-0.39, 0.29) is 53.3 Å². The second-order valence-electron chi connectivity index (χ2n) is 21.9. The lowest BCUT2D eigenvalue weighted by molar-refractivity contribution is -0.142. The van der Waals surface area contributed by atoms with E-state index in [0.717, 1.165) is 75.0 Å². The Kier molecular flexibility index (Phi) is 14.7. The van der Waals surface area contributed by atoms with Gasteiger partial charge in [0.15, 0.2) is 0 Å². The van der Waals surface area contributed by atoms with Crippen LogP contribution in [0.15, 0.2) is 59.0 Å². The number of nitrogens with one attached hydrogen (secondary N) is 1. The maximum Gasteiger partial charge on any atom is 0.317 e. The number of amides is 2. The summed E-state index contributed by atoms with van der Waals surface area (Å²) in [6.07, 6.45) is 10.3. The number of aromatic nitrogens is 9. The SMILES string of the molecule is Cc1ncsc1-c1cc(O)c([C@H](C)NC(=O)[C@@H]2C[C@@H](O)CN2C(=O)[C@H](C(C)C)n2cc(-c3ccc(OC4CCN(CC5(COc6nccc(-c7noc([C@@]8(C)CCCc9sc(N)c(C#N)c98)n7)n6)CC5)CC4)nc3)nn2)cc1F. The number of nitrogens with zero attached hydrogens (tertiary/aromatic N) is 12. The van der Waals surface area contributed by atoms with Crippen molar-refractivity contribution in [1.82, 2.24) is 60.2 Å². The van der Waals surface area contributed by atoms with Gasteiger partial charge in [0.25, 0.3) is 0 Å². The second kappa shape index (κ2) is 21.6. The molecule has 79 heavy (non-hydrogen) atoms. The van der Waals surface area contributed by atoms with Crippen molar-refractivity contribution in [1.29, 1.82) is 5.26 Å². The number of benzene rings is 1. The number of thiophene rings is 1. The molecule has 21 nitrogen and oxygen atoms in total. The molecular formula is C55H61FN14O7S2. The van der Waals surface area contributed by atoms with Crippen LogP contribution in [0, 0.1) is 35.4 Å². The van der Waals surface area contributed by atoms with Crippen LogP contribution in [0.3, 0.4) is 0 Å². The highest BCUT2D eigenvalue weighted by atomic mass is 32.1. The fourth-order valence-corrected chi connectivity index (χ4v) is 13.4. The lowest BCUT2D eigenvalue weighted by Gasteiger charge is -2.34. The number of rotatable bonds is 17. The predicted octanol–water partition coefficient (Wildman–Crippen LogP) is 7.35. The number of nitrogens with two attached hydrogens (primary N) is 1. The molecule has 5 N–H and O–H groups in total. The fourth-order valence-electron chi connectivity index (χ4n) is 11.3. The van der Waals surface area contributed by atoms with Gasteiger partial charge in [0.05, 0.1) is 52.0 Å². The summed E-state index contributed by atoms with van der Waals surface area (Å²) in [5, 5.41) is 47.9. The topological polar surface area (TPSA) is 283 Å². The Bertz CT molecular complexity index is 3440. The summed E-state index contributed by atoms with van der Waals surface area (Å²) in [7, 11) is 0. The van der Waals surface area contributed by atoms with Crippen LogP contribution >= 0.6 is 22.7 Å². The number of ether oxygens (including phenoxy) is 2. The normalized spacial score (nSPS) is 20.9. The first-order chi connectivity index (χ1) is 38.0. The Morgan fingerprint density at radius 3 is 2.62 bits per heavy atom. The molecule has 11 rings (SSSR count). The van der Waals surface area contributed by atoms with Crippen LogP contribution in [0.25, 0.3) is 33.2 Å². The van der Waals surface area contributed by atoms with Crippen molar-refractivity contribution in [3.8, 4) is 56.9 Å². The average molecular weight is 1110 g/mol. The standard InChI is InChI=1S/C55H61FN14O7S2/c1-29(2)46(51(74)69-24-33(71)19-41(69)50(73)62-30(3)35-20-38(56)36(21-42(35)72)47-31(4)61-28-78-47)70-25-40(65-67-70)32-8-9-44(60-23-32)76-34-11-17-68(18-12-34)26-55(14-15-55)27-75-53-59-16-10-39(63-53)49-64-52(77-66-49)54(5)13-6-7-43-45(54)37(22-57)48(58)79-43/h8-10,16,20-21,23,25,28-30,33-34,41,46,71-72H,6-7,11-15,17-19,24,26-27,58H2,1-5H3,(H,62,73)/t30-,33+,41-,46-,54-/m0/s1. The molecule has 5 atom stereocenters. The molecule has 2 aliphatic carbocycles. The molecule has 1 saturated carbocycles. The third kappa shape index (κ3) is 10.8. The number of aliphatic hydroxyl groups excluding tert-OH is 1. The van der Waals surface area contributed by atoms with Gasteiger partial charge >= 0.3 is 6.01 Å². The van der Waals surface area contributed by atoms with Crippen LogP contribution < -0.4 is 20.5 Å². The molecule has 4 aliphatic rings. The maximum absolute atomic E-state index is 15.4. The number of halogens is 1. The first kappa shape index (κ1) is 53.5. The monoisotopic (exact) mass is 1110 g/mol. The molecule has 8 heterocycles. The van der Waals surface area contributed by atoms with Crippen molar-refractivity contribution in [2.75, 3.05) is 38.5 Å². The lowest BCUT2D eigenvalue weighted by atomic mass is 9.72. The molecule has 7 aromatic rings. The van der Waals surface area contributed by atoms with E-state index < -0.39 is 47.3 Å². The molecule has 3 fully saturated rings. The second-order valence-corrected chi connectivity index (χ2v) is 23.9. The first-order valence-electron chi connectivity index (χ1n) is 26.6. The van der Waals surface area contributed by atoms with E-state index >= 15 is 4.39 Å². The van der Waals surface area contributed by atoms with Crippen molar-refractivity contribution in [3.05, 3.63) is 93.4 Å². The Hall–Kier alpha value is -7.46. The number of anilines is 1. The number of likely N-dealkylation sites (tertiary alicyclic amines) is 2. The molecule has 412 valence electrons. The number of aromatic hydroxyl groups is 1.